The second-order valence-corrected chi connectivity index (χ2v) is 11.3. The van der Waals surface area contributed by atoms with Gasteiger partial charge in [0.25, 0.3) is 5.92 Å². The zero-order valence-electron chi connectivity index (χ0n) is 22.4. The van der Waals surface area contributed by atoms with Crippen molar-refractivity contribution in [1.29, 1.82) is 0 Å². The first-order chi connectivity index (χ1) is 18.3. The second kappa shape index (κ2) is 11.4. The Balaban J connectivity index is 1.49. The van der Waals surface area contributed by atoms with Crippen LogP contribution in [0.15, 0.2) is 35.3 Å². The number of benzene rings is 1. The molecule has 0 aliphatic carbocycles. The number of carbonyl (C=O) groups excluding carboxylic acids is 3. The van der Waals surface area contributed by atoms with Crippen LogP contribution in [0, 0.1) is 0 Å². The Bertz CT molecular complexity index is 1090. The summed E-state index contributed by atoms with van der Waals surface area (Å²) in [5.74, 6) is -3.82. The van der Waals surface area contributed by atoms with Crippen molar-refractivity contribution in [2.24, 2.45) is 4.99 Å². The van der Waals surface area contributed by atoms with Gasteiger partial charge in [0, 0.05) is 32.2 Å². The summed E-state index contributed by atoms with van der Waals surface area (Å²) in [4.78, 5) is 45.2. The number of aliphatic imine (C=N–C) groups is 1. The van der Waals surface area contributed by atoms with E-state index in [0.29, 0.717) is 0 Å². The highest BCUT2D eigenvalue weighted by Gasteiger charge is 2.43. The lowest BCUT2D eigenvalue weighted by Crippen LogP contribution is -2.54. The molecule has 3 heterocycles. The second-order valence-electron chi connectivity index (χ2n) is 11.3. The first-order valence-electron chi connectivity index (χ1n) is 13.1. The number of amides is 3. The van der Waals surface area contributed by atoms with Crippen molar-refractivity contribution < 1.29 is 37.0 Å². The standard InChI is InChI=1S/C27H35F3N4O5/c1-26(2,3)39-25(37)31-19(14-33-16-27(29,30)10-9-22(33)35)12-23(36)34-13-18(28)11-21(34)24-32-20(15-38-24)17-7-5-4-6-8-17/h4-8,18-21H,9-16H2,1-3H3,(H,31,37)/t18-,19-,20+,21-/m0/s1. The predicted molar refractivity (Wildman–Crippen MR) is 136 cm³/mol. The van der Waals surface area contributed by atoms with Gasteiger partial charge in [-0.2, -0.15) is 0 Å². The van der Waals surface area contributed by atoms with Crippen LogP contribution >= 0.6 is 0 Å². The number of nitrogens with one attached hydrogen (secondary N) is 1. The Kier molecular flexibility index (Phi) is 8.41. The number of hydrogen-bond donors (Lipinski definition) is 1. The maximum Gasteiger partial charge on any atom is 0.407 e. The summed E-state index contributed by atoms with van der Waals surface area (Å²) in [6, 6.07) is 7.43. The molecule has 1 aromatic rings. The number of likely N-dealkylation sites (tertiary alicyclic amines) is 2. The first kappa shape index (κ1) is 28.7. The summed E-state index contributed by atoms with van der Waals surface area (Å²) < 4.78 is 53.7. The first-order valence-corrected chi connectivity index (χ1v) is 13.1. The van der Waals surface area contributed by atoms with Gasteiger partial charge >= 0.3 is 6.09 Å². The summed E-state index contributed by atoms with van der Waals surface area (Å²) in [5.41, 5.74) is 0.0891. The van der Waals surface area contributed by atoms with E-state index in [2.05, 4.69) is 10.3 Å². The van der Waals surface area contributed by atoms with Gasteiger partial charge in [-0.25, -0.2) is 23.0 Å². The van der Waals surface area contributed by atoms with E-state index in [9.17, 15) is 27.6 Å². The molecule has 9 nitrogen and oxygen atoms in total. The summed E-state index contributed by atoms with van der Waals surface area (Å²) in [6.07, 6.45) is -3.39. The third-order valence-electron chi connectivity index (χ3n) is 6.77. The van der Waals surface area contributed by atoms with E-state index in [1.807, 2.05) is 30.3 Å². The predicted octanol–water partition coefficient (Wildman–Crippen LogP) is 3.64. The highest BCUT2D eigenvalue weighted by molar-refractivity contribution is 5.90. The highest BCUT2D eigenvalue weighted by Crippen LogP contribution is 2.31. The number of alkyl halides is 3. The minimum atomic E-state index is -3.07. The third kappa shape index (κ3) is 7.63. The maximum atomic E-state index is 14.6. The van der Waals surface area contributed by atoms with Gasteiger partial charge in [-0.1, -0.05) is 30.3 Å². The number of rotatable bonds is 7. The van der Waals surface area contributed by atoms with Crippen LogP contribution in [0.3, 0.4) is 0 Å². The Hall–Kier alpha value is -3.31. The smallest absolute Gasteiger partial charge is 0.407 e. The number of piperidine rings is 1. The van der Waals surface area contributed by atoms with Crippen LogP contribution in [0.2, 0.25) is 0 Å². The average Bonchev–Trinajstić information content (AvgIpc) is 3.47. The van der Waals surface area contributed by atoms with Crippen molar-refractivity contribution in [2.45, 2.75) is 82.3 Å². The zero-order chi connectivity index (χ0) is 28.4. The zero-order valence-corrected chi connectivity index (χ0v) is 22.4. The third-order valence-corrected chi connectivity index (χ3v) is 6.77. The number of halogens is 3. The van der Waals surface area contributed by atoms with Gasteiger partial charge in [-0.15, -0.1) is 0 Å². The lowest BCUT2D eigenvalue weighted by atomic mass is 10.0. The number of alkyl carbamates (subject to hydrolysis) is 1. The summed E-state index contributed by atoms with van der Waals surface area (Å²) in [7, 11) is 0. The van der Waals surface area contributed by atoms with E-state index in [0.717, 1.165) is 10.5 Å². The Morgan fingerprint density at radius 2 is 1.97 bits per heavy atom. The van der Waals surface area contributed by atoms with Gasteiger partial charge in [0.05, 0.1) is 19.1 Å². The normalized spacial score (nSPS) is 25.6. The fraction of sp³-hybridized carbons (Fsp3) is 0.630. The van der Waals surface area contributed by atoms with Crippen LogP contribution in [0.1, 0.15) is 58.1 Å². The fourth-order valence-electron chi connectivity index (χ4n) is 5.01. The molecule has 3 amide bonds. The van der Waals surface area contributed by atoms with Crippen molar-refractivity contribution >= 4 is 23.8 Å². The molecule has 3 aliphatic heterocycles. The molecular formula is C27H35F3N4O5. The van der Waals surface area contributed by atoms with Crippen molar-refractivity contribution in [3.05, 3.63) is 35.9 Å². The van der Waals surface area contributed by atoms with E-state index in [1.165, 1.54) is 4.90 Å². The molecule has 0 spiro atoms. The molecule has 0 aromatic heterocycles. The molecule has 0 unspecified atom stereocenters. The molecule has 3 aliphatic rings. The van der Waals surface area contributed by atoms with E-state index in [-0.39, 0.29) is 50.9 Å². The Labute approximate surface area is 225 Å². The molecule has 214 valence electrons. The molecular weight excluding hydrogens is 517 g/mol. The molecule has 0 saturated carbocycles. The molecule has 1 N–H and O–H groups in total. The summed E-state index contributed by atoms with van der Waals surface area (Å²) in [5, 5.41) is 2.54. The molecule has 1 aromatic carbocycles. The van der Waals surface area contributed by atoms with E-state index < -0.39 is 60.7 Å². The van der Waals surface area contributed by atoms with E-state index in [4.69, 9.17) is 9.47 Å². The molecule has 12 heteroatoms. The summed E-state index contributed by atoms with van der Waals surface area (Å²) in [6.45, 7) is 3.92. The molecule has 2 saturated heterocycles. The lowest BCUT2D eigenvalue weighted by Gasteiger charge is -2.35. The van der Waals surface area contributed by atoms with Gasteiger partial charge < -0.3 is 24.6 Å². The van der Waals surface area contributed by atoms with Crippen LogP contribution in [-0.2, 0) is 19.1 Å². The monoisotopic (exact) mass is 552 g/mol. The molecule has 4 rings (SSSR count). The molecule has 39 heavy (non-hydrogen) atoms. The number of ether oxygens (including phenoxy) is 2. The van der Waals surface area contributed by atoms with Crippen LogP contribution in [-0.4, -0.2) is 89.6 Å². The minimum absolute atomic E-state index is 0.00702. The fourth-order valence-corrected chi connectivity index (χ4v) is 5.01. The van der Waals surface area contributed by atoms with Gasteiger partial charge in [-0.05, 0) is 26.3 Å². The van der Waals surface area contributed by atoms with Crippen LogP contribution in [0.4, 0.5) is 18.0 Å². The molecule has 0 radical (unpaired) electrons. The van der Waals surface area contributed by atoms with Gasteiger partial charge in [0.15, 0.2) is 0 Å². The molecule has 4 atom stereocenters. The quantitative estimate of drug-likeness (QED) is 0.557. The summed E-state index contributed by atoms with van der Waals surface area (Å²) >= 11 is 0. The van der Waals surface area contributed by atoms with E-state index >= 15 is 0 Å². The number of nitrogens with zero attached hydrogens (tertiary/aromatic N) is 3. The van der Waals surface area contributed by atoms with Gasteiger partial charge in [-0.3, -0.25) is 9.59 Å². The van der Waals surface area contributed by atoms with Crippen LogP contribution in [0.25, 0.3) is 0 Å². The number of hydrogen-bond acceptors (Lipinski definition) is 6. The van der Waals surface area contributed by atoms with Crippen molar-refractivity contribution in [3.63, 3.8) is 0 Å². The average molecular weight is 553 g/mol. The Morgan fingerprint density at radius 1 is 1.26 bits per heavy atom. The van der Waals surface area contributed by atoms with Gasteiger partial charge in [0.1, 0.15) is 30.5 Å². The highest BCUT2D eigenvalue weighted by atomic mass is 19.3. The largest absolute Gasteiger partial charge is 0.477 e. The maximum absolute atomic E-state index is 14.6. The Morgan fingerprint density at radius 3 is 2.67 bits per heavy atom. The lowest BCUT2D eigenvalue weighted by molar-refractivity contribution is -0.148. The molecule has 0 bridgehead atoms. The minimum Gasteiger partial charge on any atom is -0.477 e. The topological polar surface area (TPSA) is 101 Å². The van der Waals surface area contributed by atoms with Crippen molar-refractivity contribution in [2.75, 3.05) is 26.2 Å². The number of carbonyl (C=O) groups is 3. The van der Waals surface area contributed by atoms with Crippen LogP contribution < -0.4 is 5.32 Å². The SMILES string of the molecule is CC(C)(C)OC(=O)N[C@@H](CC(=O)N1C[C@@H](F)C[C@H]1C1=N[C@@H](c2ccccc2)CO1)CN1CC(F)(F)CCC1=O. The van der Waals surface area contributed by atoms with Crippen molar-refractivity contribution in [1.82, 2.24) is 15.1 Å². The molecule has 2 fully saturated rings. The van der Waals surface area contributed by atoms with Gasteiger partial charge in [0.2, 0.25) is 17.7 Å². The van der Waals surface area contributed by atoms with Crippen LogP contribution in [0.5, 0.6) is 0 Å². The van der Waals surface area contributed by atoms with Crippen molar-refractivity contribution in [3.8, 4) is 0 Å². The van der Waals surface area contributed by atoms with E-state index in [1.54, 1.807) is 20.8 Å².